The largest absolute Gasteiger partial charge is 0.406 e. The van der Waals surface area contributed by atoms with E-state index in [0.717, 1.165) is 10.1 Å². The van der Waals surface area contributed by atoms with Gasteiger partial charge in [-0.05, 0) is 30.7 Å². The third-order valence-corrected chi connectivity index (χ3v) is 3.46. The van der Waals surface area contributed by atoms with E-state index in [-0.39, 0.29) is 12.5 Å². The van der Waals surface area contributed by atoms with Gasteiger partial charge in [-0.2, -0.15) is 13.2 Å². The molecule has 24 heavy (non-hydrogen) atoms. The summed E-state index contributed by atoms with van der Waals surface area (Å²) in [5.74, 6) is 0.193. The summed E-state index contributed by atoms with van der Waals surface area (Å²) in [6.07, 6.45) is -1.65. The van der Waals surface area contributed by atoms with Crippen LogP contribution in [0.25, 0.3) is 0 Å². The quantitative estimate of drug-likeness (QED) is 0.910. The molecule has 0 aliphatic carbocycles. The van der Waals surface area contributed by atoms with Gasteiger partial charge in [-0.25, -0.2) is 4.98 Å². The molecule has 0 atom stereocenters. The van der Waals surface area contributed by atoms with Gasteiger partial charge in [0.2, 0.25) is 0 Å². The Balaban J connectivity index is 2.07. The Kier molecular flexibility index (Phi) is 5.16. The molecule has 0 aliphatic heterocycles. The minimum atomic E-state index is -4.29. The molecular weight excluding hydrogens is 321 g/mol. The van der Waals surface area contributed by atoms with Crippen molar-refractivity contribution in [1.29, 1.82) is 0 Å². The Hall–Kier alpha value is -2.51. The first-order valence-corrected chi connectivity index (χ1v) is 7.30. The second-order valence-electron chi connectivity index (χ2n) is 5.67. The first kappa shape index (κ1) is 17.8. The molecule has 130 valence electrons. The summed E-state index contributed by atoms with van der Waals surface area (Å²) in [6, 6.07) is 5.21. The highest BCUT2D eigenvalue weighted by molar-refractivity contribution is 5.95. The Morgan fingerprint density at radius 3 is 2.62 bits per heavy atom. The van der Waals surface area contributed by atoms with Crippen LogP contribution >= 0.6 is 0 Å². The molecule has 0 unspecified atom stereocenters. The minimum Gasteiger partial charge on any atom is -0.378 e. The number of hydrogen-bond acceptors (Lipinski definition) is 3. The Morgan fingerprint density at radius 1 is 1.33 bits per heavy atom. The molecule has 0 fully saturated rings. The second kappa shape index (κ2) is 6.94. The van der Waals surface area contributed by atoms with E-state index in [4.69, 9.17) is 0 Å². The molecule has 0 saturated carbocycles. The second-order valence-corrected chi connectivity index (χ2v) is 5.67. The molecule has 1 amide bonds. The number of halogens is 3. The molecule has 8 heteroatoms. The van der Waals surface area contributed by atoms with Gasteiger partial charge in [-0.3, -0.25) is 4.79 Å². The third kappa shape index (κ3) is 4.50. The number of nitrogens with one attached hydrogen (secondary N) is 1. The number of imidazole rings is 1. The highest BCUT2D eigenvalue weighted by Crippen LogP contribution is 2.20. The molecule has 0 spiro atoms. The number of rotatable bonds is 5. The molecule has 0 radical (unpaired) electrons. The monoisotopic (exact) mass is 340 g/mol. The van der Waals surface area contributed by atoms with Crippen LogP contribution in [-0.4, -0.2) is 40.6 Å². The Bertz CT molecular complexity index is 722. The van der Waals surface area contributed by atoms with E-state index in [0.29, 0.717) is 17.1 Å². The van der Waals surface area contributed by atoms with Gasteiger partial charge in [0.05, 0.1) is 6.54 Å². The number of benzene rings is 1. The van der Waals surface area contributed by atoms with Crippen molar-refractivity contribution in [3.63, 3.8) is 0 Å². The number of anilines is 1. The highest BCUT2D eigenvalue weighted by atomic mass is 19.4. The van der Waals surface area contributed by atoms with Gasteiger partial charge in [0.1, 0.15) is 12.4 Å². The van der Waals surface area contributed by atoms with Gasteiger partial charge in [0.15, 0.2) is 0 Å². The maximum Gasteiger partial charge on any atom is 0.406 e. The minimum absolute atomic E-state index is 0.0974. The highest BCUT2D eigenvalue weighted by Gasteiger charge is 2.28. The van der Waals surface area contributed by atoms with Crippen molar-refractivity contribution >= 4 is 11.6 Å². The first-order chi connectivity index (χ1) is 11.2. The van der Waals surface area contributed by atoms with E-state index >= 15 is 0 Å². The molecule has 0 aliphatic rings. The molecular formula is C16H19F3N4O. The molecule has 0 saturated heterocycles. The van der Waals surface area contributed by atoms with E-state index in [9.17, 15) is 18.0 Å². The predicted molar refractivity (Wildman–Crippen MR) is 84.8 cm³/mol. The van der Waals surface area contributed by atoms with Crippen molar-refractivity contribution < 1.29 is 18.0 Å². The van der Waals surface area contributed by atoms with Crippen molar-refractivity contribution in [2.45, 2.75) is 26.2 Å². The normalized spacial score (nSPS) is 11.4. The van der Waals surface area contributed by atoms with Crippen LogP contribution in [0.5, 0.6) is 0 Å². The van der Waals surface area contributed by atoms with Gasteiger partial charge in [-0.15, -0.1) is 0 Å². The maximum atomic E-state index is 12.5. The molecule has 1 aromatic carbocycles. The fraction of sp³-hybridized carbons (Fsp3) is 0.375. The van der Waals surface area contributed by atoms with Crippen LogP contribution in [0, 0.1) is 6.92 Å². The number of amides is 1. The number of alkyl halides is 3. The lowest BCUT2D eigenvalue weighted by atomic mass is 10.1. The number of carbonyl (C=O) groups excluding carboxylic acids is 1. The fourth-order valence-corrected chi connectivity index (χ4v) is 2.28. The summed E-state index contributed by atoms with van der Waals surface area (Å²) in [5, 5.41) is 3.03. The Labute approximate surface area is 138 Å². The van der Waals surface area contributed by atoms with Crippen LogP contribution in [0.1, 0.15) is 21.7 Å². The topological polar surface area (TPSA) is 50.2 Å². The lowest BCUT2D eigenvalue weighted by molar-refractivity contribution is -0.141. The van der Waals surface area contributed by atoms with Gasteiger partial charge in [0.25, 0.3) is 5.91 Å². The van der Waals surface area contributed by atoms with Crippen LogP contribution in [0.2, 0.25) is 0 Å². The summed E-state index contributed by atoms with van der Waals surface area (Å²) in [7, 11) is 3.35. The van der Waals surface area contributed by atoms with Gasteiger partial charge < -0.3 is 14.8 Å². The lowest BCUT2D eigenvalue weighted by Crippen LogP contribution is -2.22. The van der Waals surface area contributed by atoms with Gasteiger partial charge in [0, 0.05) is 37.7 Å². The van der Waals surface area contributed by atoms with E-state index < -0.39 is 12.7 Å². The first-order valence-electron chi connectivity index (χ1n) is 7.30. The van der Waals surface area contributed by atoms with E-state index in [1.54, 1.807) is 32.3 Å². The van der Waals surface area contributed by atoms with Crippen LogP contribution in [0.15, 0.2) is 30.6 Å². The van der Waals surface area contributed by atoms with Crippen molar-refractivity contribution in [2.75, 3.05) is 19.4 Å². The van der Waals surface area contributed by atoms with Crippen molar-refractivity contribution in [3.05, 3.63) is 47.5 Å². The molecule has 1 aromatic heterocycles. The van der Waals surface area contributed by atoms with Crippen LogP contribution in [-0.2, 0) is 13.1 Å². The molecule has 2 rings (SSSR count). The average Bonchev–Trinajstić information content (AvgIpc) is 2.89. The van der Waals surface area contributed by atoms with E-state index in [1.165, 1.54) is 17.3 Å². The summed E-state index contributed by atoms with van der Waals surface area (Å²) >= 11 is 0. The number of aryl methyl sites for hydroxylation is 1. The summed E-state index contributed by atoms with van der Waals surface area (Å²) in [5.41, 5.74) is 2.09. The van der Waals surface area contributed by atoms with E-state index in [2.05, 4.69) is 10.3 Å². The Morgan fingerprint density at radius 2 is 2.04 bits per heavy atom. The summed E-state index contributed by atoms with van der Waals surface area (Å²) in [6.45, 7) is 0.898. The lowest BCUT2D eigenvalue weighted by Gasteiger charge is -2.15. The van der Waals surface area contributed by atoms with Crippen molar-refractivity contribution in [3.8, 4) is 0 Å². The zero-order chi connectivity index (χ0) is 17.9. The number of hydrogen-bond donors (Lipinski definition) is 1. The summed E-state index contributed by atoms with van der Waals surface area (Å²) in [4.78, 5) is 17.4. The molecule has 0 bridgehead atoms. The van der Waals surface area contributed by atoms with Gasteiger partial charge in [-0.1, -0.05) is 0 Å². The zero-order valence-electron chi connectivity index (χ0n) is 13.7. The molecule has 1 heterocycles. The van der Waals surface area contributed by atoms with E-state index in [1.807, 2.05) is 6.92 Å². The predicted octanol–water partition coefficient (Wildman–Crippen LogP) is 3.07. The standard InChI is InChI=1S/C16H19F3N4O/c1-11-8-12(4-5-13(11)15(24)22(2)3)21-9-14-20-6-7-23(14)10-16(17,18)19/h4-8,21H,9-10H2,1-3H3. The fourth-order valence-electron chi connectivity index (χ4n) is 2.28. The smallest absolute Gasteiger partial charge is 0.378 e. The number of nitrogens with zero attached hydrogens (tertiary/aromatic N) is 3. The van der Waals surface area contributed by atoms with Crippen molar-refractivity contribution in [1.82, 2.24) is 14.5 Å². The maximum absolute atomic E-state index is 12.5. The number of carbonyl (C=O) groups is 1. The van der Waals surface area contributed by atoms with Crippen LogP contribution in [0.4, 0.5) is 18.9 Å². The summed E-state index contributed by atoms with van der Waals surface area (Å²) < 4.78 is 38.5. The molecule has 5 nitrogen and oxygen atoms in total. The molecule has 2 aromatic rings. The zero-order valence-corrected chi connectivity index (χ0v) is 13.7. The number of aromatic nitrogens is 2. The van der Waals surface area contributed by atoms with Gasteiger partial charge >= 0.3 is 6.18 Å². The third-order valence-electron chi connectivity index (χ3n) is 3.46. The van der Waals surface area contributed by atoms with Crippen LogP contribution < -0.4 is 5.32 Å². The molecule has 1 N–H and O–H groups in total. The average molecular weight is 340 g/mol. The van der Waals surface area contributed by atoms with Crippen LogP contribution in [0.3, 0.4) is 0 Å². The van der Waals surface area contributed by atoms with Crippen molar-refractivity contribution in [2.24, 2.45) is 0 Å². The SMILES string of the molecule is Cc1cc(NCc2nccn2CC(F)(F)F)ccc1C(=O)N(C)C.